The van der Waals surface area contributed by atoms with Crippen LogP contribution in [0.3, 0.4) is 0 Å². The molecule has 92 valence electrons. The first-order chi connectivity index (χ1) is 8.20. The second-order valence-corrected chi connectivity index (χ2v) is 3.75. The normalized spacial score (nSPS) is 14.5. The fourth-order valence-corrected chi connectivity index (χ4v) is 1.65. The lowest BCUT2D eigenvalue weighted by molar-refractivity contribution is -0.144. The SMILES string of the molecule is CCOC(=O)[C@@H](N)Cc1ccc2c(c1)OCO2. The van der Waals surface area contributed by atoms with Gasteiger partial charge in [-0.25, -0.2) is 0 Å². The van der Waals surface area contributed by atoms with Crippen molar-refractivity contribution in [3.8, 4) is 11.5 Å². The van der Waals surface area contributed by atoms with E-state index in [1.807, 2.05) is 18.2 Å². The molecule has 0 saturated heterocycles. The molecule has 1 aromatic rings. The van der Waals surface area contributed by atoms with Crippen molar-refractivity contribution < 1.29 is 19.0 Å². The van der Waals surface area contributed by atoms with E-state index in [2.05, 4.69) is 0 Å². The topological polar surface area (TPSA) is 70.8 Å². The number of carbonyl (C=O) groups excluding carboxylic acids is 1. The molecule has 1 aromatic carbocycles. The molecule has 5 nitrogen and oxygen atoms in total. The van der Waals surface area contributed by atoms with E-state index >= 15 is 0 Å². The third-order valence-corrected chi connectivity index (χ3v) is 2.48. The average Bonchev–Trinajstić information content (AvgIpc) is 2.76. The van der Waals surface area contributed by atoms with Crippen LogP contribution >= 0.6 is 0 Å². The third-order valence-electron chi connectivity index (χ3n) is 2.48. The van der Waals surface area contributed by atoms with Gasteiger partial charge in [-0.2, -0.15) is 0 Å². The Morgan fingerprint density at radius 3 is 3.00 bits per heavy atom. The molecule has 0 bridgehead atoms. The molecule has 0 aliphatic carbocycles. The summed E-state index contributed by atoms with van der Waals surface area (Å²) in [6.45, 7) is 2.33. The molecular formula is C12H15NO4. The lowest BCUT2D eigenvalue weighted by Crippen LogP contribution is -2.34. The third kappa shape index (κ3) is 2.68. The zero-order valence-electron chi connectivity index (χ0n) is 9.64. The molecule has 1 atom stereocenters. The molecule has 0 unspecified atom stereocenters. The van der Waals surface area contributed by atoms with Crippen molar-refractivity contribution in [2.75, 3.05) is 13.4 Å². The van der Waals surface area contributed by atoms with Crippen LogP contribution in [0, 0.1) is 0 Å². The zero-order valence-corrected chi connectivity index (χ0v) is 9.64. The average molecular weight is 237 g/mol. The van der Waals surface area contributed by atoms with E-state index in [0.29, 0.717) is 18.8 Å². The Bertz CT molecular complexity index is 419. The summed E-state index contributed by atoms with van der Waals surface area (Å²) in [5.74, 6) is 1.03. The van der Waals surface area contributed by atoms with Gasteiger partial charge in [0, 0.05) is 0 Å². The second kappa shape index (κ2) is 5.05. The van der Waals surface area contributed by atoms with Crippen molar-refractivity contribution >= 4 is 5.97 Å². The number of carbonyl (C=O) groups is 1. The molecule has 1 aliphatic rings. The Morgan fingerprint density at radius 1 is 1.47 bits per heavy atom. The van der Waals surface area contributed by atoms with Crippen LogP contribution < -0.4 is 15.2 Å². The molecule has 17 heavy (non-hydrogen) atoms. The molecule has 5 heteroatoms. The number of benzene rings is 1. The van der Waals surface area contributed by atoms with Gasteiger partial charge < -0.3 is 19.9 Å². The van der Waals surface area contributed by atoms with Crippen LogP contribution in [0.5, 0.6) is 11.5 Å². The number of hydrogen-bond donors (Lipinski definition) is 1. The number of ether oxygens (including phenoxy) is 3. The van der Waals surface area contributed by atoms with Gasteiger partial charge in [0.05, 0.1) is 6.61 Å². The molecule has 2 N–H and O–H groups in total. The van der Waals surface area contributed by atoms with Crippen molar-refractivity contribution in [3.63, 3.8) is 0 Å². The van der Waals surface area contributed by atoms with Gasteiger partial charge in [-0.15, -0.1) is 0 Å². The van der Waals surface area contributed by atoms with E-state index in [1.54, 1.807) is 6.92 Å². The summed E-state index contributed by atoms with van der Waals surface area (Å²) in [7, 11) is 0. The standard InChI is InChI=1S/C12H15NO4/c1-2-15-12(14)9(13)5-8-3-4-10-11(6-8)17-7-16-10/h3-4,6,9H,2,5,7,13H2,1H3/t9-/m0/s1. The highest BCUT2D eigenvalue weighted by Crippen LogP contribution is 2.32. The van der Waals surface area contributed by atoms with Crippen molar-refractivity contribution in [2.45, 2.75) is 19.4 Å². The summed E-state index contributed by atoms with van der Waals surface area (Å²) in [5, 5.41) is 0. The minimum atomic E-state index is -0.643. The van der Waals surface area contributed by atoms with Crippen LogP contribution in [0.2, 0.25) is 0 Å². The first kappa shape index (κ1) is 11.7. The fraction of sp³-hybridized carbons (Fsp3) is 0.417. The van der Waals surface area contributed by atoms with Gasteiger partial charge in [-0.05, 0) is 31.0 Å². The second-order valence-electron chi connectivity index (χ2n) is 3.75. The predicted octanol–water partition coefficient (Wildman–Crippen LogP) is 0.848. The molecule has 0 saturated carbocycles. The molecule has 1 aliphatic heterocycles. The van der Waals surface area contributed by atoms with Crippen LogP contribution in [-0.2, 0) is 16.0 Å². The monoisotopic (exact) mass is 237 g/mol. The first-order valence-corrected chi connectivity index (χ1v) is 5.51. The summed E-state index contributed by atoms with van der Waals surface area (Å²) >= 11 is 0. The summed E-state index contributed by atoms with van der Waals surface area (Å²) < 4.78 is 15.3. The number of rotatable bonds is 4. The van der Waals surface area contributed by atoms with E-state index in [0.717, 1.165) is 11.3 Å². The minimum absolute atomic E-state index is 0.239. The highest BCUT2D eigenvalue weighted by molar-refractivity contribution is 5.75. The summed E-state index contributed by atoms with van der Waals surface area (Å²) in [6.07, 6.45) is 0.426. The van der Waals surface area contributed by atoms with Crippen molar-refractivity contribution in [1.29, 1.82) is 0 Å². The molecule has 0 fully saturated rings. The van der Waals surface area contributed by atoms with Gasteiger partial charge >= 0.3 is 5.97 Å². The van der Waals surface area contributed by atoms with Gasteiger partial charge in [-0.1, -0.05) is 6.07 Å². The summed E-state index contributed by atoms with van der Waals surface area (Å²) in [6, 6.07) is 4.87. The summed E-state index contributed by atoms with van der Waals surface area (Å²) in [5.41, 5.74) is 6.66. The smallest absolute Gasteiger partial charge is 0.323 e. The Hall–Kier alpha value is -1.75. The number of fused-ring (bicyclic) bond motifs is 1. The van der Waals surface area contributed by atoms with Gasteiger partial charge in [0.25, 0.3) is 0 Å². The molecule has 1 heterocycles. The van der Waals surface area contributed by atoms with E-state index in [1.165, 1.54) is 0 Å². The number of esters is 1. The van der Waals surface area contributed by atoms with E-state index in [9.17, 15) is 4.79 Å². The largest absolute Gasteiger partial charge is 0.465 e. The Kier molecular flexibility index (Phi) is 3.49. The predicted molar refractivity (Wildman–Crippen MR) is 60.9 cm³/mol. The fourth-order valence-electron chi connectivity index (χ4n) is 1.65. The molecule has 0 amide bonds. The number of hydrogen-bond acceptors (Lipinski definition) is 5. The van der Waals surface area contributed by atoms with Crippen LogP contribution in [-0.4, -0.2) is 25.4 Å². The maximum absolute atomic E-state index is 11.4. The van der Waals surface area contributed by atoms with E-state index < -0.39 is 6.04 Å². The molecule has 0 aromatic heterocycles. The van der Waals surface area contributed by atoms with Gasteiger partial charge in [0.1, 0.15) is 6.04 Å². The van der Waals surface area contributed by atoms with Crippen LogP contribution in [0.25, 0.3) is 0 Å². The summed E-state index contributed by atoms with van der Waals surface area (Å²) in [4.78, 5) is 11.4. The Morgan fingerprint density at radius 2 is 2.24 bits per heavy atom. The highest BCUT2D eigenvalue weighted by atomic mass is 16.7. The van der Waals surface area contributed by atoms with Crippen LogP contribution in [0.1, 0.15) is 12.5 Å². The van der Waals surface area contributed by atoms with Crippen molar-refractivity contribution in [3.05, 3.63) is 23.8 Å². The van der Waals surface area contributed by atoms with E-state index in [4.69, 9.17) is 19.9 Å². The van der Waals surface area contributed by atoms with E-state index in [-0.39, 0.29) is 12.8 Å². The Labute approximate surface area is 99.5 Å². The molecular weight excluding hydrogens is 222 g/mol. The highest BCUT2D eigenvalue weighted by Gasteiger charge is 2.18. The maximum atomic E-state index is 11.4. The number of nitrogens with two attached hydrogens (primary N) is 1. The van der Waals surface area contributed by atoms with Gasteiger partial charge in [-0.3, -0.25) is 4.79 Å². The molecule has 0 spiro atoms. The van der Waals surface area contributed by atoms with Crippen LogP contribution in [0.15, 0.2) is 18.2 Å². The van der Waals surface area contributed by atoms with Crippen LogP contribution in [0.4, 0.5) is 0 Å². The van der Waals surface area contributed by atoms with Crippen molar-refractivity contribution in [2.24, 2.45) is 5.73 Å². The van der Waals surface area contributed by atoms with Gasteiger partial charge in [0.15, 0.2) is 11.5 Å². The Balaban J connectivity index is 2.01. The lowest BCUT2D eigenvalue weighted by atomic mass is 10.1. The zero-order chi connectivity index (χ0) is 12.3. The van der Waals surface area contributed by atoms with Crippen molar-refractivity contribution in [1.82, 2.24) is 0 Å². The first-order valence-electron chi connectivity index (χ1n) is 5.51. The quantitative estimate of drug-likeness (QED) is 0.786. The minimum Gasteiger partial charge on any atom is -0.465 e. The molecule has 2 rings (SSSR count). The molecule has 0 radical (unpaired) electrons. The van der Waals surface area contributed by atoms with Gasteiger partial charge in [0.2, 0.25) is 6.79 Å². The maximum Gasteiger partial charge on any atom is 0.323 e. The lowest BCUT2D eigenvalue weighted by Gasteiger charge is -2.10.